The summed E-state index contributed by atoms with van der Waals surface area (Å²) in [6.45, 7) is 7.75. The number of amides is 2. The number of nitrogens with one attached hydrogen (secondary N) is 1. The largest absolute Gasteiger partial charge is 0.497 e. The van der Waals surface area contributed by atoms with E-state index in [1.807, 2.05) is 31.2 Å². The molecule has 0 aliphatic carbocycles. The molecule has 2 rings (SSSR count). The summed E-state index contributed by atoms with van der Waals surface area (Å²) in [4.78, 5) is 27.6. The molecule has 0 bridgehead atoms. The highest BCUT2D eigenvalue weighted by Gasteiger charge is 2.31. The highest BCUT2D eigenvalue weighted by atomic mass is 32.2. The average molecular weight is 504 g/mol. The van der Waals surface area contributed by atoms with Gasteiger partial charge in [-0.15, -0.1) is 0 Å². The van der Waals surface area contributed by atoms with Gasteiger partial charge in [0.05, 0.1) is 19.1 Å². The molecule has 35 heavy (non-hydrogen) atoms. The van der Waals surface area contributed by atoms with Gasteiger partial charge in [0.1, 0.15) is 18.3 Å². The van der Waals surface area contributed by atoms with Gasteiger partial charge in [0, 0.05) is 13.6 Å². The number of nitrogens with zero attached hydrogens (tertiary/aromatic N) is 2. The van der Waals surface area contributed by atoms with E-state index in [1.165, 1.54) is 11.9 Å². The van der Waals surface area contributed by atoms with Gasteiger partial charge in [0.25, 0.3) is 0 Å². The maximum Gasteiger partial charge on any atom is 0.244 e. The summed E-state index contributed by atoms with van der Waals surface area (Å²) in [5.74, 6) is -0.108. The van der Waals surface area contributed by atoms with Gasteiger partial charge in [-0.2, -0.15) is 0 Å². The minimum atomic E-state index is -3.77. The zero-order valence-corrected chi connectivity index (χ0v) is 22.5. The second kappa shape index (κ2) is 11.6. The predicted molar refractivity (Wildman–Crippen MR) is 139 cm³/mol. The molecule has 2 aromatic rings. The van der Waals surface area contributed by atoms with E-state index in [9.17, 15) is 18.0 Å². The smallest absolute Gasteiger partial charge is 0.244 e. The monoisotopic (exact) mass is 503 g/mol. The molecule has 9 heteroatoms. The van der Waals surface area contributed by atoms with Crippen LogP contribution in [0.15, 0.2) is 48.5 Å². The molecule has 1 atom stereocenters. The molecule has 1 N–H and O–H groups in total. The zero-order chi connectivity index (χ0) is 26.4. The fourth-order valence-electron chi connectivity index (χ4n) is 3.76. The van der Waals surface area contributed by atoms with E-state index < -0.39 is 28.5 Å². The van der Waals surface area contributed by atoms with Crippen LogP contribution in [0.1, 0.15) is 45.2 Å². The van der Waals surface area contributed by atoms with Crippen molar-refractivity contribution in [1.82, 2.24) is 10.2 Å². The lowest BCUT2D eigenvalue weighted by atomic mass is 9.87. The first kappa shape index (κ1) is 28.2. The Kier molecular flexibility index (Phi) is 9.31. The Labute approximate surface area is 209 Å². The number of likely N-dealkylation sites (N-methyl/N-ethyl adjacent to an activating group) is 1. The van der Waals surface area contributed by atoms with Crippen LogP contribution in [0.25, 0.3) is 0 Å². The molecule has 192 valence electrons. The number of rotatable bonds is 10. The molecule has 0 aliphatic heterocycles. The first-order chi connectivity index (χ1) is 16.3. The van der Waals surface area contributed by atoms with Gasteiger partial charge in [-0.1, -0.05) is 52.0 Å². The molecule has 8 nitrogen and oxygen atoms in total. The molecule has 0 radical (unpaired) electrons. The average Bonchev–Trinajstić information content (AvgIpc) is 2.81. The number of anilines is 1. The fraction of sp³-hybridized carbons (Fsp3) is 0.462. The van der Waals surface area contributed by atoms with Gasteiger partial charge in [-0.05, 0) is 47.2 Å². The number of sulfonamides is 1. The standard InChI is InChI=1S/C26H37N3O5S/c1-8-23(25(31)27-5)28(17-19-9-15-22(34-6)16-10-19)24(30)18-29(35(7,32)33)21-13-11-20(12-14-21)26(2,3)4/h9-16,23H,8,17-18H2,1-7H3,(H,27,31). The van der Waals surface area contributed by atoms with Crippen molar-refractivity contribution in [2.45, 2.75) is 52.1 Å². The molecular weight excluding hydrogens is 466 g/mol. The highest BCUT2D eigenvalue weighted by Crippen LogP contribution is 2.26. The third kappa shape index (κ3) is 7.45. The maximum atomic E-state index is 13.6. The van der Waals surface area contributed by atoms with E-state index in [0.29, 0.717) is 17.9 Å². The minimum absolute atomic E-state index is 0.0959. The van der Waals surface area contributed by atoms with Crippen molar-refractivity contribution >= 4 is 27.5 Å². The molecule has 0 saturated heterocycles. The molecule has 0 aliphatic rings. The van der Waals surface area contributed by atoms with Gasteiger partial charge < -0.3 is 15.0 Å². The van der Waals surface area contributed by atoms with Gasteiger partial charge in [0.2, 0.25) is 21.8 Å². The molecule has 0 aromatic heterocycles. The Balaban J connectivity index is 2.41. The predicted octanol–water partition coefficient (Wildman–Crippen LogP) is 3.31. The Morgan fingerprint density at radius 2 is 1.60 bits per heavy atom. The van der Waals surface area contributed by atoms with Crippen molar-refractivity contribution in [3.8, 4) is 5.75 Å². The van der Waals surface area contributed by atoms with Crippen LogP contribution in [0.4, 0.5) is 5.69 Å². The van der Waals surface area contributed by atoms with Crippen LogP contribution in [-0.4, -0.2) is 58.1 Å². The molecule has 0 heterocycles. The number of carbonyl (C=O) groups is 2. The van der Waals surface area contributed by atoms with Crippen LogP contribution in [-0.2, 0) is 31.6 Å². The van der Waals surface area contributed by atoms with Crippen molar-refractivity contribution in [1.29, 1.82) is 0 Å². The second-order valence-corrected chi connectivity index (χ2v) is 11.4. The number of carbonyl (C=O) groups excluding carboxylic acids is 2. The number of methoxy groups -OCH3 is 1. The second-order valence-electron chi connectivity index (χ2n) is 9.47. The van der Waals surface area contributed by atoms with Crippen molar-refractivity contribution in [2.75, 3.05) is 31.3 Å². The van der Waals surface area contributed by atoms with Crippen molar-refractivity contribution in [3.05, 3.63) is 59.7 Å². The Hall–Kier alpha value is -3.07. The number of ether oxygens (including phenoxy) is 1. The quantitative estimate of drug-likeness (QED) is 0.537. The maximum absolute atomic E-state index is 13.6. The Morgan fingerprint density at radius 1 is 1.03 bits per heavy atom. The summed E-state index contributed by atoms with van der Waals surface area (Å²) in [6.07, 6.45) is 1.45. The first-order valence-corrected chi connectivity index (χ1v) is 13.4. The highest BCUT2D eigenvalue weighted by molar-refractivity contribution is 7.92. The van der Waals surface area contributed by atoms with E-state index in [2.05, 4.69) is 26.1 Å². The summed E-state index contributed by atoms with van der Waals surface area (Å²) in [5.41, 5.74) is 2.14. The van der Waals surface area contributed by atoms with Gasteiger partial charge in [-0.25, -0.2) is 8.42 Å². The third-order valence-corrected chi connectivity index (χ3v) is 6.99. The third-order valence-electron chi connectivity index (χ3n) is 5.84. The van der Waals surface area contributed by atoms with Crippen molar-refractivity contribution in [3.63, 3.8) is 0 Å². The molecule has 0 spiro atoms. The Bertz CT molecular complexity index is 1110. The lowest BCUT2D eigenvalue weighted by molar-refractivity contribution is -0.140. The summed E-state index contributed by atoms with van der Waals surface area (Å²) in [7, 11) is -0.685. The summed E-state index contributed by atoms with van der Waals surface area (Å²) in [6, 6.07) is 13.6. The van der Waals surface area contributed by atoms with E-state index in [4.69, 9.17) is 4.74 Å². The van der Waals surface area contributed by atoms with Gasteiger partial charge in [0.15, 0.2) is 0 Å². The number of hydrogen-bond acceptors (Lipinski definition) is 5. The first-order valence-electron chi connectivity index (χ1n) is 11.5. The summed E-state index contributed by atoms with van der Waals surface area (Å²) >= 11 is 0. The van der Waals surface area contributed by atoms with Gasteiger partial charge in [-0.3, -0.25) is 13.9 Å². The normalized spacial score (nSPS) is 12.5. The van der Waals surface area contributed by atoms with E-state index >= 15 is 0 Å². The zero-order valence-electron chi connectivity index (χ0n) is 21.7. The van der Waals surface area contributed by atoms with Crippen LogP contribution >= 0.6 is 0 Å². The van der Waals surface area contributed by atoms with Crippen LogP contribution < -0.4 is 14.4 Å². The molecular formula is C26H37N3O5S. The number of hydrogen-bond donors (Lipinski definition) is 1. The van der Waals surface area contributed by atoms with E-state index in [0.717, 1.165) is 21.7 Å². The van der Waals surface area contributed by atoms with Crippen molar-refractivity contribution in [2.24, 2.45) is 0 Å². The minimum Gasteiger partial charge on any atom is -0.497 e. The molecule has 0 saturated carbocycles. The topological polar surface area (TPSA) is 96.0 Å². The SMILES string of the molecule is CCC(C(=O)NC)N(Cc1ccc(OC)cc1)C(=O)CN(c1ccc(C(C)(C)C)cc1)S(C)(=O)=O. The number of benzene rings is 2. The van der Waals surface area contributed by atoms with Crippen LogP contribution in [0, 0.1) is 0 Å². The molecule has 2 aromatic carbocycles. The summed E-state index contributed by atoms with van der Waals surface area (Å²) in [5, 5.41) is 2.61. The van der Waals surface area contributed by atoms with Gasteiger partial charge >= 0.3 is 0 Å². The van der Waals surface area contributed by atoms with Crippen LogP contribution in [0.5, 0.6) is 5.75 Å². The molecule has 0 fully saturated rings. The van der Waals surface area contributed by atoms with E-state index in [-0.39, 0.29) is 17.9 Å². The summed E-state index contributed by atoms with van der Waals surface area (Å²) < 4.78 is 31.7. The van der Waals surface area contributed by atoms with E-state index in [1.54, 1.807) is 31.4 Å². The molecule has 1 unspecified atom stereocenters. The molecule has 2 amide bonds. The van der Waals surface area contributed by atoms with Crippen molar-refractivity contribution < 1.29 is 22.7 Å². The van der Waals surface area contributed by atoms with Crippen LogP contribution in [0.2, 0.25) is 0 Å². The lowest BCUT2D eigenvalue weighted by Gasteiger charge is -2.32. The lowest BCUT2D eigenvalue weighted by Crippen LogP contribution is -2.51. The van der Waals surface area contributed by atoms with Crippen LogP contribution in [0.3, 0.4) is 0 Å². The fourth-order valence-corrected chi connectivity index (χ4v) is 4.60. The Morgan fingerprint density at radius 3 is 2.03 bits per heavy atom.